The number of Topliss-reactive ketones (excluding diaryl/α,β-unsaturated/α-hetero) is 4. The molecule has 4 N–H and O–H groups in total. The van der Waals surface area contributed by atoms with Gasteiger partial charge in [0.2, 0.25) is 0 Å². The fraction of sp³-hybridized carbons (Fsp3) is 0.905. The van der Waals surface area contributed by atoms with E-state index in [4.69, 9.17) is 8.74 Å². The van der Waals surface area contributed by atoms with Crippen molar-refractivity contribution < 1.29 is 51.7 Å². The highest BCUT2D eigenvalue weighted by Gasteiger charge is 2.65. The summed E-state index contributed by atoms with van der Waals surface area (Å²) in [7, 11) is -4.40. The van der Waals surface area contributed by atoms with E-state index in [9.17, 15) is 42.9 Å². The zero-order chi connectivity index (χ0) is 68.8. The lowest BCUT2D eigenvalue weighted by Gasteiger charge is -2.60. The van der Waals surface area contributed by atoms with Crippen molar-refractivity contribution in [1.29, 1.82) is 0 Å². The lowest BCUT2D eigenvalue weighted by atomic mass is 9.44. The predicted octanol–water partition coefficient (Wildman–Crippen LogP) is 18.0. The number of rotatable bonds is 6. The zero-order valence-corrected chi connectivity index (χ0v) is 62.8. The Labute approximate surface area is 581 Å². The molecule has 16 rings (SSSR count). The largest absolute Gasteiger partial charge is 0.397 e. The molecule has 0 aliphatic heterocycles. The lowest BCUT2D eigenvalue weighted by molar-refractivity contribution is -0.138. The summed E-state index contributed by atoms with van der Waals surface area (Å²) in [5, 5.41) is 30.2. The molecule has 0 amide bonds. The van der Waals surface area contributed by atoms with Crippen LogP contribution in [-0.2, 0) is 33.8 Å². The van der Waals surface area contributed by atoms with Gasteiger partial charge in [0.1, 0.15) is 23.1 Å². The normalized spacial score (nSPS) is 52.3. The lowest BCUT2D eigenvalue weighted by Crippen LogP contribution is -2.54. The minimum Gasteiger partial charge on any atom is -0.393 e. The molecule has 14 saturated carbocycles. The van der Waals surface area contributed by atoms with E-state index in [0.29, 0.717) is 87.7 Å². The first kappa shape index (κ1) is 72.3. The van der Waals surface area contributed by atoms with Gasteiger partial charge in [0.25, 0.3) is 0 Å². The van der Waals surface area contributed by atoms with Crippen LogP contribution in [0.25, 0.3) is 0 Å². The van der Waals surface area contributed by atoms with Gasteiger partial charge in [-0.25, -0.2) is 4.18 Å². The Kier molecular flexibility index (Phi) is 19.8. The Hall–Kier alpha value is -2.09. The highest BCUT2D eigenvalue weighted by molar-refractivity contribution is 7.80. The third-order valence-corrected chi connectivity index (χ3v) is 36.2. The van der Waals surface area contributed by atoms with E-state index in [-0.39, 0.29) is 51.3 Å². The fourth-order valence-corrected chi connectivity index (χ4v) is 31.2. The minimum atomic E-state index is -4.40. The molecule has 0 aromatic heterocycles. The standard InChI is InChI=1S/C21H32O5S.2C21H34O2.C21H32O2/c1-13(22)17-6-7-18-16-5-4-14-12-15(26-27(23,24)25)8-10-20(14,2)19(16)9-11-21(17,18)3;3*1-13(22)17-6-7-18-16-5-4-14-12-15(23)8-10-20(14,2)19(16)9-11-21(17,18)3/h4,15-19H,5-12H2,1-3H3,(H,23,24,25);2*14-19,23H,4-12H2,1-3H3;12,15-19,23H,4-11H2,1-3H3/t15-,16-,17+,18-,19-,20-,21+;14-,15+,16+,17-,18+,19+,20+,21-;14-,15-,16-,17+,18-,19-,20-,21+;15-,16-,17+,18-,19-,20-,21+/m0100/s1. The van der Waals surface area contributed by atoms with Crippen molar-refractivity contribution in [2.75, 3.05) is 0 Å². The van der Waals surface area contributed by atoms with Gasteiger partial charge >= 0.3 is 10.4 Å². The van der Waals surface area contributed by atoms with E-state index in [0.717, 1.165) is 161 Å². The van der Waals surface area contributed by atoms with E-state index in [2.05, 4.69) is 67.5 Å². The van der Waals surface area contributed by atoms with Gasteiger partial charge in [-0.15, -0.1) is 0 Å². The van der Waals surface area contributed by atoms with E-state index < -0.39 is 16.5 Å². The molecular formula is C84H132O11S. The first-order valence-electron chi connectivity index (χ1n) is 40.2. The molecule has 0 saturated heterocycles. The van der Waals surface area contributed by atoms with E-state index in [1.165, 1.54) is 115 Å². The molecule has 0 spiro atoms. The molecule has 30 atom stereocenters. The molecule has 11 nitrogen and oxygen atoms in total. The first-order valence-corrected chi connectivity index (χ1v) is 41.6. The average molecular weight is 1350 g/mol. The van der Waals surface area contributed by atoms with Crippen LogP contribution in [-0.4, -0.2) is 75.8 Å². The predicted molar refractivity (Wildman–Crippen MR) is 378 cm³/mol. The van der Waals surface area contributed by atoms with Gasteiger partial charge in [0.05, 0.1) is 24.4 Å². The van der Waals surface area contributed by atoms with Gasteiger partial charge in [0.15, 0.2) is 0 Å². The Morgan fingerprint density at radius 3 is 1.17 bits per heavy atom. The van der Waals surface area contributed by atoms with Gasteiger partial charge in [-0.05, 0) is 372 Å². The Balaban J connectivity index is 0.000000116. The number of carbonyl (C=O) groups is 4. The molecule has 12 heteroatoms. The van der Waals surface area contributed by atoms with Crippen molar-refractivity contribution in [2.45, 2.75) is 326 Å². The Morgan fingerprint density at radius 1 is 0.396 bits per heavy atom. The van der Waals surface area contributed by atoms with E-state index >= 15 is 0 Å². The van der Waals surface area contributed by atoms with Crippen LogP contribution in [0, 0.1) is 150 Å². The number of hydrogen-bond donors (Lipinski definition) is 4. The van der Waals surface area contributed by atoms with Crippen LogP contribution >= 0.6 is 0 Å². The van der Waals surface area contributed by atoms with Crippen LogP contribution in [0.4, 0.5) is 0 Å². The Bertz CT molecular complexity index is 3040. The number of allylic oxidation sites excluding steroid dienone is 2. The number of aliphatic hydroxyl groups is 3. The zero-order valence-electron chi connectivity index (χ0n) is 62.0. The van der Waals surface area contributed by atoms with Crippen LogP contribution in [0.3, 0.4) is 0 Å². The molecule has 540 valence electrons. The quantitative estimate of drug-likeness (QED) is 0.146. The Morgan fingerprint density at radius 2 is 0.750 bits per heavy atom. The maximum absolute atomic E-state index is 12.2. The number of carbonyl (C=O) groups excluding carboxylic acids is 4. The SMILES string of the molecule is CC(=O)[C@H]1CC[C@H]2[C@@H]3CC=C4C[C@@H](OS(=O)(=O)O)CC[C@]4(C)[C@H]3CC[C@]12C.CC(=O)[C@H]1CC[C@H]2[C@@H]3CCC4=C[C@@H](O)CC[C@]4(C)[C@H]3CC[C@]12C.CC(=O)[C@H]1CC[C@H]2[C@@H]3CC[C@@H]4C[C@@H](O)CC[C@]4(C)[C@H]3CC[C@]12C.CC(=O)[C@H]1CC[C@H]2[C@@H]3CC[C@H]4C[C@@H](O)CC[C@]4(C)[C@H]3CC[C@]12C. The van der Waals surface area contributed by atoms with Crippen molar-refractivity contribution in [3.05, 3.63) is 23.3 Å². The van der Waals surface area contributed by atoms with E-state index in [1.807, 2.05) is 20.8 Å². The maximum Gasteiger partial charge on any atom is 0.397 e. The third-order valence-electron chi connectivity index (χ3n) is 35.6. The first-order chi connectivity index (χ1) is 45.1. The van der Waals surface area contributed by atoms with Crippen LogP contribution in [0.2, 0.25) is 0 Å². The summed E-state index contributed by atoms with van der Waals surface area (Å²) in [5.74, 6) is 13.4. The van der Waals surface area contributed by atoms with Crippen molar-refractivity contribution in [1.82, 2.24) is 0 Å². The second-order valence-electron chi connectivity index (χ2n) is 39.1. The van der Waals surface area contributed by atoms with Crippen molar-refractivity contribution in [2.24, 2.45) is 150 Å². The number of ketones is 4. The van der Waals surface area contributed by atoms with Crippen molar-refractivity contribution in [3.8, 4) is 0 Å². The summed E-state index contributed by atoms with van der Waals surface area (Å²) in [6.07, 6.45) is 42.7. The molecule has 14 fully saturated rings. The molecule has 0 aromatic carbocycles. The van der Waals surface area contributed by atoms with E-state index in [1.54, 1.807) is 12.5 Å². The molecular weight excluding hydrogens is 1220 g/mol. The van der Waals surface area contributed by atoms with Gasteiger partial charge in [-0.2, -0.15) is 8.42 Å². The van der Waals surface area contributed by atoms with Crippen LogP contribution in [0.1, 0.15) is 301 Å². The minimum absolute atomic E-state index is 0.0490. The molecule has 0 bridgehead atoms. The van der Waals surface area contributed by atoms with Gasteiger partial charge in [0, 0.05) is 23.7 Å². The summed E-state index contributed by atoms with van der Waals surface area (Å²) in [5.41, 5.74) is 5.16. The summed E-state index contributed by atoms with van der Waals surface area (Å²) >= 11 is 0. The number of fused-ring (bicyclic) bond motifs is 20. The summed E-state index contributed by atoms with van der Waals surface area (Å²) < 4.78 is 36.1. The molecule has 16 aliphatic rings. The summed E-state index contributed by atoms with van der Waals surface area (Å²) in [6.45, 7) is 26.8. The highest BCUT2D eigenvalue weighted by Crippen LogP contribution is 2.72. The number of hydrogen-bond acceptors (Lipinski definition) is 10. The second-order valence-corrected chi connectivity index (χ2v) is 40.1. The van der Waals surface area contributed by atoms with Gasteiger partial charge in [-0.1, -0.05) is 78.7 Å². The molecule has 0 aromatic rings. The summed E-state index contributed by atoms with van der Waals surface area (Å²) in [6, 6.07) is 0. The highest BCUT2D eigenvalue weighted by atomic mass is 32.3. The third kappa shape index (κ3) is 12.1. The van der Waals surface area contributed by atoms with Gasteiger partial charge < -0.3 is 15.3 Å². The van der Waals surface area contributed by atoms with Crippen molar-refractivity contribution in [3.63, 3.8) is 0 Å². The average Bonchev–Trinajstić information content (AvgIpc) is 1.38. The monoisotopic (exact) mass is 1350 g/mol. The molecule has 0 heterocycles. The number of aliphatic hydroxyl groups excluding tert-OH is 3. The van der Waals surface area contributed by atoms with Crippen LogP contribution in [0.15, 0.2) is 23.3 Å². The summed E-state index contributed by atoms with van der Waals surface area (Å²) in [4.78, 5) is 48.7. The molecule has 96 heavy (non-hydrogen) atoms. The molecule has 16 aliphatic carbocycles. The van der Waals surface area contributed by atoms with Crippen molar-refractivity contribution >= 4 is 33.5 Å². The topological polar surface area (TPSA) is 193 Å². The fourth-order valence-electron chi connectivity index (χ4n) is 30.7. The van der Waals surface area contributed by atoms with Crippen LogP contribution < -0.4 is 0 Å². The van der Waals surface area contributed by atoms with Crippen LogP contribution in [0.5, 0.6) is 0 Å². The second kappa shape index (κ2) is 26.3. The van der Waals surface area contributed by atoms with Gasteiger partial charge in [-0.3, -0.25) is 23.7 Å². The maximum atomic E-state index is 12.2. The molecule has 0 radical (unpaired) electrons. The smallest absolute Gasteiger partial charge is 0.393 e. The molecule has 0 unspecified atom stereocenters.